The van der Waals surface area contributed by atoms with E-state index in [1.54, 1.807) is 5.01 Å². The number of nitrogens with zero attached hydrogens (tertiary/aromatic N) is 3. The number of carbonyl (C=O) groups excluding carboxylic acids is 2. The van der Waals surface area contributed by atoms with Crippen molar-refractivity contribution in [1.29, 1.82) is 0 Å². The minimum Gasteiger partial charge on any atom is -0.321 e. The van der Waals surface area contributed by atoms with Gasteiger partial charge in [-0.1, -0.05) is 30.3 Å². The van der Waals surface area contributed by atoms with Crippen molar-refractivity contribution in [2.75, 3.05) is 30.0 Å². The van der Waals surface area contributed by atoms with Crippen LogP contribution in [0.1, 0.15) is 31.7 Å². The summed E-state index contributed by atoms with van der Waals surface area (Å²) in [5.74, 6) is -0.266. The monoisotopic (exact) mass is 404 g/mol. The second-order valence-corrected chi connectivity index (χ2v) is 8.01. The van der Waals surface area contributed by atoms with Gasteiger partial charge in [0.1, 0.15) is 11.8 Å². The minimum atomic E-state index is -0.443. The van der Waals surface area contributed by atoms with E-state index in [1.165, 1.54) is 38.4 Å². The predicted molar refractivity (Wildman–Crippen MR) is 120 cm³/mol. The average molecular weight is 405 g/mol. The molecule has 1 atom stereocenters. The zero-order chi connectivity index (χ0) is 20.9. The molecule has 6 heteroatoms. The zero-order valence-electron chi connectivity index (χ0n) is 17.4. The second-order valence-electron chi connectivity index (χ2n) is 8.01. The third kappa shape index (κ3) is 4.76. The number of carbonyl (C=O) groups is 2. The molecule has 0 saturated carbocycles. The van der Waals surface area contributed by atoms with Crippen LogP contribution in [0.5, 0.6) is 0 Å². The van der Waals surface area contributed by atoms with Crippen molar-refractivity contribution < 1.29 is 9.59 Å². The molecule has 2 aromatic rings. The molecule has 2 aliphatic rings. The largest absolute Gasteiger partial charge is 0.321 e. The van der Waals surface area contributed by atoms with Crippen LogP contribution in [-0.2, 0) is 16.0 Å². The Balaban J connectivity index is 1.38. The standard InChI is InChI=1S/C24H28N4O2/c1-18(29)23-17-22(26-28(23)21-7-3-2-4-8-21)24(30)25-20-11-9-19(10-12-20)13-16-27-14-5-6-15-27/h2-4,7-12,23H,5-6,13-17H2,1H3,(H,25,30). The molecule has 2 heterocycles. The van der Waals surface area contributed by atoms with Gasteiger partial charge in [0.15, 0.2) is 5.78 Å². The number of para-hydroxylation sites is 1. The first-order chi connectivity index (χ1) is 14.6. The zero-order valence-corrected chi connectivity index (χ0v) is 17.4. The van der Waals surface area contributed by atoms with Gasteiger partial charge in [-0.3, -0.25) is 14.6 Å². The molecule has 6 nitrogen and oxygen atoms in total. The van der Waals surface area contributed by atoms with E-state index >= 15 is 0 Å². The van der Waals surface area contributed by atoms with Crippen molar-refractivity contribution in [3.8, 4) is 0 Å². The normalized spacial score (nSPS) is 19.0. The molecule has 1 fully saturated rings. The van der Waals surface area contributed by atoms with Crippen LogP contribution in [0.25, 0.3) is 0 Å². The van der Waals surface area contributed by atoms with Gasteiger partial charge < -0.3 is 10.2 Å². The van der Waals surface area contributed by atoms with Crippen LogP contribution in [0.3, 0.4) is 0 Å². The lowest BCUT2D eigenvalue weighted by Gasteiger charge is -2.20. The fourth-order valence-corrected chi connectivity index (χ4v) is 4.03. The Hall–Kier alpha value is -2.99. The molecule has 1 amide bonds. The summed E-state index contributed by atoms with van der Waals surface area (Å²) < 4.78 is 0. The van der Waals surface area contributed by atoms with Crippen LogP contribution in [0.15, 0.2) is 59.7 Å². The third-order valence-electron chi connectivity index (χ3n) is 5.79. The van der Waals surface area contributed by atoms with Gasteiger partial charge >= 0.3 is 0 Å². The van der Waals surface area contributed by atoms with E-state index in [0.29, 0.717) is 12.1 Å². The highest BCUT2D eigenvalue weighted by Crippen LogP contribution is 2.25. The molecule has 156 valence electrons. The molecule has 0 radical (unpaired) electrons. The predicted octanol–water partition coefficient (Wildman–Crippen LogP) is 3.49. The van der Waals surface area contributed by atoms with Crippen LogP contribution in [-0.4, -0.2) is 48.0 Å². The van der Waals surface area contributed by atoms with Crippen LogP contribution < -0.4 is 10.3 Å². The lowest BCUT2D eigenvalue weighted by atomic mass is 10.1. The summed E-state index contributed by atoms with van der Waals surface area (Å²) in [6, 6.07) is 17.0. The molecule has 2 aromatic carbocycles. The highest BCUT2D eigenvalue weighted by atomic mass is 16.2. The SMILES string of the molecule is CC(=O)C1CC(C(=O)Nc2ccc(CCN3CCCC3)cc2)=NN1c1ccccc1. The second kappa shape index (κ2) is 9.22. The first-order valence-corrected chi connectivity index (χ1v) is 10.6. The van der Waals surface area contributed by atoms with Gasteiger partial charge in [0.25, 0.3) is 5.91 Å². The quantitative estimate of drug-likeness (QED) is 0.767. The van der Waals surface area contributed by atoms with Gasteiger partial charge in [-0.15, -0.1) is 0 Å². The number of hydrazone groups is 1. The van der Waals surface area contributed by atoms with Gasteiger partial charge in [-0.05, 0) is 69.1 Å². The van der Waals surface area contributed by atoms with Crippen molar-refractivity contribution in [1.82, 2.24) is 4.90 Å². The van der Waals surface area contributed by atoms with E-state index in [-0.39, 0.29) is 11.7 Å². The fourth-order valence-electron chi connectivity index (χ4n) is 4.03. The molecule has 0 aliphatic carbocycles. The van der Waals surface area contributed by atoms with E-state index in [2.05, 4.69) is 27.5 Å². The van der Waals surface area contributed by atoms with Gasteiger partial charge in [-0.25, -0.2) is 0 Å². The van der Waals surface area contributed by atoms with E-state index in [0.717, 1.165) is 24.3 Å². The molecule has 0 bridgehead atoms. The summed E-state index contributed by atoms with van der Waals surface area (Å²) in [7, 11) is 0. The first-order valence-electron chi connectivity index (χ1n) is 10.6. The van der Waals surface area contributed by atoms with Crippen molar-refractivity contribution in [2.45, 2.75) is 38.6 Å². The molecule has 0 spiro atoms. The molecule has 2 aliphatic heterocycles. The summed E-state index contributed by atoms with van der Waals surface area (Å²) in [4.78, 5) is 27.4. The van der Waals surface area contributed by atoms with Crippen LogP contribution >= 0.6 is 0 Å². The van der Waals surface area contributed by atoms with Crippen molar-refractivity contribution in [3.63, 3.8) is 0 Å². The Kier molecular flexibility index (Phi) is 6.23. The number of nitrogens with one attached hydrogen (secondary N) is 1. The fraction of sp³-hybridized carbons (Fsp3) is 0.375. The Morgan fingerprint density at radius 1 is 1.03 bits per heavy atom. The van der Waals surface area contributed by atoms with E-state index in [9.17, 15) is 9.59 Å². The molecule has 1 saturated heterocycles. The Morgan fingerprint density at radius 2 is 1.73 bits per heavy atom. The molecule has 4 rings (SSSR count). The number of rotatable bonds is 7. The number of amides is 1. The van der Waals surface area contributed by atoms with Crippen molar-refractivity contribution >= 4 is 28.8 Å². The molecule has 1 N–H and O–H groups in total. The van der Waals surface area contributed by atoms with Gasteiger partial charge in [0.05, 0.1) is 5.69 Å². The van der Waals surface area contributed by atoms with Gasteiger partial charge in [0, 0.05) is 18.7 Å². The molecule has 30 heavy (non-hydrogen) atoms. The lowest BCUT2D eigenvalue weighted by Crippen LogP contribution is -2.33. The van der Waals surface area contributed by atoms with E-state index in [4.69, 9.17) is 0 Å². The number of benzene rings is 2. The number of Topliss-reactive ketones (excluding diaryl/α,β-unsaturated/α-hetero) is 1. The molecular weight excluding hydrogens is 376 g/mol. The van der Waals surface area contributed by atoms with Crippen molar-refractivity contribution in [3.05, 3.63) is 60.2 Å². The molecule has 1 unspecified atom stereocenters. The summed E-state index contributed by atoms with van der Waals surface area (Å²) in [5, 5.41) is 9.03. The summed E-state index contributed by atoms with van der Waals surface area (Å²) >= 11 is 0. The maximum Gasteiger partial charge on any atom is 0.271 e. The summed E-state index contributed by atoms with van der Waals surface area (Å²) in [6.45, 7) is 5.04. The van der Waals surface area contributed by atoms with Gasteiger partial charge in [-0.2, -0.15) is 5.10 Å². The van der Waals surface area contributed by atoms with Crippen molar-refractivity contribution in [2.24, 2.45) is 5.10 Å². The third-order valence-corrected chi connectivity index (χ3v) is 5.79. The number of anilines is 2. The molecular formula is C24H28N4O2. The van der Waals surface area contributed by atoms with E-state index < -0.39 is 6.04 Å². The maximum absolute atomic E-state index is 12.8. The van der Waals surface area contributed by atoms with Gasteiger partial charge in [0.2, 0.25) is 0 Å². The number of hydrogen-bond donors (Lipinski definition) is 1. The highest BCUT2D eigenvalue weighted by Gasteiger charge is 2.34. The lowest BCUT2D eigenvalue weighted by molar-refractivity contribution is -0.118. The topological polar surface area (TPSA) is 65.0 Å². The van der Waals surface area contributed by atoms with E-state index in [1.807, 2.05) is 42.5 Å². The van der Waals surface area contributed by atoms with Crippen LogP contribution in [0.2, 0.25) is 0 Å². The first kappa shape index (κ1) is 20.3. The summed E-state index contributed by atoms with van der Waals surface area (Å²) in [6.07, 6.45) is 3.94. The summed E-state index contributed by atoms with van der Waals surface area (Å²) in [5.41, 5.74) is 3.19. The Labute approximate surface area is 177 Å². The number of hydrogen-bond acceptors (Lipinski definition) is 5. The maximum atomic E-state index is 12.8. The van der Waals surface area contributed by atoms with Crippen LogP contribution in [0, 0.1) is 0 Å². The number of likely N-dealkylation sites (tertiary alicyclic amines) is 1. The Morgan fingerprint density at radius 3 is 2.40 bits per heavy atom. The molecule has 0 aromatic heterocycles. The minimum absolute atomic E-state index is 0.00671. The highest BCUT2D eigenvalue weighted by molar-refractivity contribution is 6.44. The van der Waals surface area contributed by atoms with Crippen LogP contribution in [0.4, 0.5) is 11.4 Å². The average Bonchev–Trinajstić information content (AvgIpc) is 3.44. The smallest absolute Gasteiger partial charge is 0.271 e. The number of ketones is 1. The Bertz CT molecular complexity index is 918.